The van der Waals surface area contributed by atoms with Crippen LogP contribution in [0, 0.1) is 40.4 Å². The first-order chi connectivity index (χ1) is 24.0. The second-order valence-corrected chi connectivity index (χ2v) is 24.7. The number of hydrogen-bond acceptors (Lipinski definition) is 1. The summed E-state index contributed by atoms with van der Waals surface area (Å²) in [6.45, 7) is 32.4. The lowest BCUT2D eigenvalue weighted by Crippen LogP contribution is -2.55. The smallest absolute Gasteiger partial charge is 0.126 e. The van der Waals surface area contributed by atoms with Crippen molar-refractivity contribution in [3.63, 3.8) is 0 Å². The van der Waals surface area contributed by atoms with Crippen molar-refractivity contribution >= 4 is 13.3 Å². The molecular weight excluding hydrogens is 633 g/mol. The average molecular weight is 699 g/mol. The van der Waals surface area contributed by atoms with Crippen LogP contribution in [0.5, 0.6) is 5.75 Å². The Kier molecular flexibility index (Phi) is 9.05. The minimum atomic E-state index is -2.31. The van der Waals surface area contributed by atoms with E-state index in [2.05, 4.69) is 137 Å². The van der Waals surface area contributed by atoms with Gasteiger partial charge < -0.3 is 4.74 Å². The fourth-order valence-corrected chi connectivity index (χ4v) is 17.6. The van der Waals surface area contributed by atoms with Gasteiger partial charge in [0.2, 0.25) is 0 Å². The molecule has 1 nitrogen and oxygen atoms in total. The quantitative estimate of drug-likeness (QED) is 0.197. The highest BCUT2D eigenvalue weighted by atomic mass is 28.3. The number of allylic oxidation sites excluding steroid dienone is 8. The molecule has 0 aliphatic heterocycles. The zero-order valence-electron chi connectivity index (χ0n) is 34.0. The molecule has 0 bridgehead atoms. The van der Waals surface area contributed by atoms with Gasteiger partial charge in [0.25, 0.3) is 0 Å². The standard InChI is InChI=1S/C49H66OSi/c1-13-27-50-44-36(33-19-17-16-18-20-33)28-32(4)29-39(44)51(14-2,15-3)45-38-31-47(7,8)23-21-34(38)40-41(45)37-30-46(5,6)24-22-35(37)42-43(40)49(11,12)26-25-48(42,9)10/h13,16-20,25-26,28-29,37,41,45H,1,14-15,21-24,27,30-31H2,2-12H3. The van der Waals surface area contributed by atoms with E-state index in [1.165, 1.54) is 67.3 Å². The predicted octanol–water partition coefficient (Wildman–Crippen LogP) is 13.5. The van der Waals surface area contributed by atoms with Crippen LogP contribution in [0.15, 0.2) is 101 Å². The van der Waals surface area contributed by atoms with Crippen LogP contribution in [-0.4, -0.2) is 14.7 Å². The molecule has 0 radical (unpaired) electrons. The zero-order chi connectivity index (χ0) is 36.7. The molecule has 2 aromatic rings. The Morgan fingerprint density at radius 1 is 0.824 bits per heavy atom. The number of rotatable bonds is 8. The first-order valence-electron chi connectivity index (χ1n) is 20.4. The van der Waals surface area contributed by atoms with Crippen LogP contribution in [0.3, 0.4) is 0 Å². The van der Waals surface area contributed by atoms with E-state index in [1.807, 2.05) is 22.8 Å². The Hall–Kier alpha value is -2.84. The van der Waals surface area contributed by atoms with Crippen LogP contribution in [-0.2, 0) is 0 Å². The molecule has 0 N–H and O–H groups in total. The third-order valence-electron chi connectivity index (χ3n) is 14.3. The third-order valence-corrected chi connectivity index (χ3v) is 20.2. The minimum Gasteiger partial charge on any atom is -0.489 e. The monoisotopic (exact) mass is 698 g/mol. The Morgan fingerprint density at radius 3 is 2.12 bits per heavy atom. The summed E-state index contributed by atoms with van der Waals surface area (Å²) in [5.41, 5.74) is 15.9. The Bertz CT molecular complexity index is 1850. The topological polar surface area (TPSA) is 9.23 Å². The number of aryl methyl sites for hydroxylation is 1. The van der Waals surface area contributed by atoms with Crippen LogP contribution < -0.4 is 9.92 Å². The molecule has 2 aromatic carbocycles. The highest BCUT2D eigenvalue weighted by Gasteiger charge is 2.60. The molecule has 0 amide bonds. The van der Waals surface area contributed by atoms with Crippen molar-refractivity contribution in [2.45, 2.75) is 132 Å². The number of benzene rings is 2. The lowest BCUT2D eigenvalue weighted by Gasteiger charge is -2.54. The Labute approximate surface area is 312 Å². The van der Waals surface area contributed by atoms with Gasteiger partial charge in [-0.2, -0.15) is 0 Å². The first-order valence-corrected chi connectivity index (χ1v) is 22.9. The summed E-state index contributed by atoms with van der Waals surface area (Å²) >= 11 is 0. The highest BCUT2D eigenvalue weighted by molar-refractivity contribution is 6.94. The van der Waals surface area contributed by atoms with Gasteiger partial charge in [-0.25, -0.2) is 0 Å². The molecule has 0 saturated heterocycles. The maximum absolute atomic E-state index is 6.97. The number of ether oxygens (including phenoxy) is 1. The van der Waals surface area contributed by atoms with Crippen molar-refractivity contribution in [1.82, 2.24) is 0 Å². The van der Waals surface area contributed by atoms with Crippen molar-refractivity contribution in [2.24, 2.45) is 33.5 Å². The Balaban J connectivity index is 1.58. The molecule has 1 saturated carbocycles. The van der Waals surface area contributed by atoms with E-state index in [0.717, 1.165) is 5.75 Å². The van der Waals surface area contributed by atoms with Gasteiger partial charge in [0, 0.05) is 16.4 Å². The van der Waals surface area contributed by atoms with Crippen molar-refractivity contribution in [2.75, 3.05) is 6.61 Å². The SMILES string of the molecule is C=CCOc1c(-c2ccccc2)cc(C)cc1[Si](CC)(CC)C1C2=C(CCC(C)(C)C2)C2=C3C(=C4CCC(C)(C)CC4C21)C(C)(C)C=CC3(C)C. The molecule has 51 heavy (non-hydrogen) atoms. The van der Waals surface area contributed by atoms with Gasteiger partial charge in [-0.15, -0.1) is 0 Å². The molecule has 3 atom stereocenters. The van der Waals surface area contributed by atoms with Crippen LogP contribution in [0.25, 0.3) is 11.1 Å². The molecule has 2 heteroatoms. The summed E-state index contributed by atoms with van der Waals surface area (Å²) in [4.78, 5) is 0. The van der Waals surface area contributed by atoms with Gasteiger partial charge in [0.15, 0.2) is 0 Å². The van der Waals surface area contributed by atoms with Crippen molar-refractivity contribution in [3.05, 3.63) is 106 Å². The highest BCUT2D eigenvalue weighted by Crippen LogP contribution is 2.70. The number of hydrogen-bond donors (Lipinski definition) is 0. The third kappa shape index (κ3) is 5.85. The zero-order valence-corrected chi connectivity index (χ0v) is 35.0. The first kappa shape index (κ1) is 36.5. The van der Waals surface area contributed by atoms with Crippen LogP contribution in [0.4, 0.5) is 0 Å². The maximum atomic E-state index is 6.97. The summed E-state index contributed by atoms with van der Waals surface area (Å²) in [5.74, 6) is 2.29. The Morgan fingerprint density at radius 2 is 1.47 bits per heavy atom. The molecule has 1 fully saturated rings. The second kappa shape index (κ2) is 12.6. The van der Waals surface area contributed by atoms with Gasteiger partial charge >= 0.3 is 0 Å². The predicted molar refractivity (Wildman–Crippen MR) is 222 cm³/mol. The van der Waals surface area contributed by atoms with Gasteiger partial charge in [0.1, 0.15) is 12.4 Å². The summed E-state index contributed by atoms with van der Waals surface area (Å²) in [6.07, 6.45) is 14.7. The van der Waals surface area contributed by atoms with E-state index in [-0.39, 0.29) is 10.8 Å². The molecule has 0 spiro atoms. The van der Waals surface area contributed by atoms with Crippen LogP contribution in [0.1, 0.15) is 113 Å². The largest absolute Gasteiger partial charge is 0.489 e. The van der Waals surface area contributed by atoms with E-state index < -0.39 is 8.07 Å². The van der Waals surface area contributed by atoms with Gasteiger partial charge in [-0.05, 0) is 113 Å². The summed E-state index contributed by atoms with van der Waals surface area (Å²) in [6, 6.07) is 18.5. The average Bonchev–Trinajstić information content (AvgIpc) is 3.40. The fourth-order valence-electron chi connectivity index (χ4n) is 11.9. The van der Waals surface area contributed by atoms with E-state index in [1.54, 1.807) is 21.9 Å². The molecule has 5 aliphatic rings. The minimum absolute atomic E-state index is 0.0219. The summed E-state index contributed by atoms with van der Waals surface area (Å²) in [5, 5.41) is 1.56. The van der Waals surface area contributed by atoms with Gasteiger partial charge in [0.05, 0.1) is 8.07 Å². The summed E-state index contributed by atoms with van der Waals surface area (Å²) < 4.78 is 6.97. The van der Waals surface area contributed by atoms with Crippen molar-refractivity contribution in [3.8, 4) is 16.9 Å². The van der Waals surface area contributed by atoms with Gasteiger partial charge in [-0.1, -0.05) is 159 Å². The lowest BCUT2D eigenvalue weighted by atomic mass is 9.52. The van der Waals surface area contributed by atoms with Crippen LogP contribution in [0.2, 0.25) is 17.6 Å². The molecular formula is C49H66OSi. The van der Waals surface area contributed by atoms with E-state index in [9.17, 15) is 0 Å². The van der Waals surface area contributed by atoms with Crippen molar-refractivity contribution in [1.29, 1.82) is 0 Å². The molecule has 0 aromatic heterocycles. The van der Waals surface area contributed by atoms with E-state index in [4.69, 9.17) is 4.74 Å². The second-order valence-electron chi connectivity index (χ2n) is 19.8. The maximum Gasteiger partial charge on any atom is 0.126 e. The van der Waals surface area contributed by atoms with Crippen molar-refractivity contribution < 1.29 is 4.74 Å². The lowest BCUT2D eigenvalue weighted by molar-refractivity contribution is 0.185. The molecule has 0 heterocycles. The van der Waals surface area contributed by atoms with Crippen LogP contribution >= 0.6 is 0 Å². The number of fused-ring (bicyclic) bond motifs is 5. The van der Waals surface area contributed by atoms with E-state index in [0.29, 0.717) is 34.8 Å². The molecule has 5 aliphatic carbocycles. The molecule has 3 unspecified atom stereocenters. The van der Waals surface area contributed by atoms with Gasteiger partial charge in [-0.3, -0.25) is 0 Å². The summed E-state index contributed by atoms with van der Waals surface area (Å²) in [7, 11) is -2.31. The van der Waals surface area contributed by atoms with E-state index >= 15 is 0 Å². The normalized spacial score (nSPS) is 27.1. The molecule has 272 valence electrons. The molecule has 7 rings (SSSR count). The fraction of sp³-hybridized carbons (Fsp3) is 0.551.